The molecule has 2 aliphatic rings. The Morgan fingerprint density at radius 2 is 1.80 bits per heavy atom. The zero-order valence-electron chi connectivity index (χ0n) is 12.3. The van der Waals surface area contributed by atoms with Gasteiger partial charge in [-0.1, -0.05) is 12.8 Å². The summed E-state index contributed by atoms with van der Waals surface area (Å²) in [6, 6.07) is 6.83. The molecule has 3 rings (SSSR count). The molecule has 1 aliphatic heterocycles. The van der Waals surface area contributed by atoms with Crippen LogP contribution < -0.4 is 15.4 Å². The molecule has 1 saturated heterocycles. The minimum absolute atomic E-state index is 0.818. The van der Waals surface area contributed by atoms with Crippen LogP contribution >= 0.6 is 0 Å². The highest BCUT2D eigenvalue weighted by Gasteiger charge is 2.26. The summed E-state index contributed by atoms with van der Waals surface area (Å²) >= 11 is 0. The fraction of sp³-hybridized carbons (Fsp3) is 0.625. The fourth-order valence-electron chi connectivity index (χ4n) is 3.54. The van der Waals surface area contributed by atoms with Crippen LogP contribution in [-0.4, -0.2) is 44.2 Å². The molecule has 0 radical (unpaired) electrons. The predicted octanol–water partition coefficient (Wildman–Crippen LogP) is 2.34. The van der Waals surface area contributed by atoms with Crippen molar-refractivity contribution in [2.45, 2.75) is 31.7 Å². The van der Waals surface area contributed by atoms with Crippen LogP contribution in [0.2, 0.25) is 0 Å². The third kappa shape index (κ3) is 2.70. The van der Waals surface area contributed by atoms with Crippen molar-refractivity contribution in [2.75, 3.05) is 43.9 Å². The Kier molecular flexibility index (Phi) is 4.01. The van der Waals surface area contributed by atoms with Crippen molar-refractivity contribution in [3.05, 3.63) is 18.2 Å². The molecule has 2 fully saturated rings. The van der Waals surface area contributed by atoms with E-state index in [1.54, 1.807) is 7.11 Å². The van der Waals surface area contributed by atoms with Gasteiger partial charge in [0.15, 0.2) is 0 Å². The first-order valence-corrected chi connectivity index (χ1v) is 7.70. The van der Waals surface area contributed by atoms with E-state index in [2.05, 4.69) is 15.9 Å². The molecule has 1 aromatic rings. The molecule has 0 unspecified atom stereocenters. The Morgan fingerprint density at radius 1 is 1.10 bits per heavy atom. The molecule has 0 atom stereocenters. The maximum Gasteiger partial charge on any atom is 0.121 e. The number of anilines is 2. The monoisotopic (exact) mass is 275 g/mol. The van der Waals surface area contributed by atoms with E-state index in [1.807, 2.05) is 12.1 Å². The molecule has 20 heavy (non-hydrogen) atoms. The Balaban J connectivity index is 1.62. The van der Waals surface area contributed by atoms with E-state index in [-0.39, 0.29) is 0 Å². The minimum atomic E-state index is 0.818. The van der Waals surface area contributed by atoms with Gasteiger partial charge in [-0.05, 0) is 25.0 Å². The Morgan fingerprint density at radius 3 is 2.40 bits per heavy atom. The van der Waals surface area contributed by atoms with E-state index >= 15 is 0 Å². The van der Waals surface area contributed by atoms with Crippen LogP contribution in [0.3, 0.4) is 0 Å². The number of hydrogen-bond donors (Lipinski definition) is 1. The van der Waals surface area contributed by atoms with Gasteiger partial charge in [0.25, 0.3) is 0 Å². The molecular weight excluding hydrogens is 250 g/mol. The maximum atomic E-state index is 6.15. The van der Waals surface area contributed by atoms with Crippen LogP contribution in [0.4, 0.5) is 11.4 Å². The van der Waals surface area contributed by atoms with Crippen LogP contribution in [0.15, 0.2) is 18.2 Å². The van der Waals surface area contributed by atoms with Crippen LogP contribution in [-0.2, 0) is 0 Å². The molecule has 0 bridgehead atoms. The van der Waals surface area contributed by atoms with E-state index in [0.29, 0.717) is 0 Å². The molecule has 1 heterocycles. The number of hydrogen-bond acceptors (Lipinski definition) is 4. The van der Waals surface area contributed by atoms with Gasteiger partial charge in [-0.25, -0.2) is 0 Å². The lowest BCUT2D eigenvalue weighted by molar-refractivity contribution is 0.187. The van der Waals surface area contributed by atoms with Crippen LogP contribution in [0.25, 0.3) is 0 Å². The maximum absolute atomic E-state index is 6.15. The zero-order valence-corrected chi connectivity index (χ0v) is 12.3. The molecule has 0 amide bonds. The fourth-order valence-corrected chi connectivity index (χ4v) is 3.54. The SMILES string of the molecule is COc1ccc(N2CCN(C3CCCC3)CC2)c(N)c1. The van der Waals surface area contributed by atoms with Crippen molar-refractivity contribution in [3.8, 4) is 5.75 Å². The molecule has 110 valence electrons. The van der Waals surface area contributed by atoms with E-state index in [4.69, 9.17) is 10.5 Å². The lowest BCUT2D eigenvalue weighted by atomic mass is 10.1. The summed E-state index contributed by atoms with van der Waals surface area (Å²) in [7, 11) is 1.68. The van der Waals surface area contributed by atoms with Crippen molar-refractivity contribution < 1.29 is 4.74 Å². The third-order valence-electron chi connectivity index (χ3n) is 4.73. The first kappa shape index (κ1) is 13.6. The second-order valence-electron chi connectivity index (χ2n) is 5.89. The molecule has 4 nitrogen and oxygen atoms in total. The minimum Gasteiger partial charge on any atom is -0.497 e. The zero-order chi connectivity index (χ0) is 13.9. The number of nitrogen functional groups attached to an aromatic ring is 1. The highest BCUT2D eigenvalue weighted by atomic mass is 16.5. The lowest BCUT2D eigenvalue weighted by Crippen LogP contribution is -2.49. The van der Waals surface area contributed by atoms with Crippen molar-refractivity contribution in [2.24, 2.45) is 0 Å². The van der Waals surface area contributed by atoms with Gasteiger partial charge in [-0.2, -0.15) is 0 Å². The van der Waals surface area contributed by atoms with Gasteiger partial charge < -0.3 is 15.4 Å². The van der Waals surface area contributed by atoms with Gasteiger partial charge in [0, 0.05) is 38.3 Å². The van der Waals surface area contributed by atoms with E-state index in [1.165, 1.54) is 25.7 Å². The summed E-state index contributed by atoms with van der Waals surface area (Å²) in [5.41, 5.74) is 8.12. The van der Waals surface area contributed by atoms with Gasteiger partial charge in [0.05, 0.1) is 18.5 Å². The number of rotatable bonds is 3. The number of benzene rings is 1. The molecule has 1 aliphatic carbocycles. The number of nitrogens with two attached hydrogens (primary N) is 1. The number of nitrogens with zero attached hydrogens (tertiary/aromatic N) is 2. The normalized spacial score (nSPS) is 21.4. The highest BCUT2D eigenvalue weighted by Crippen LogP contribution is 2.30. The summed E-state index contributed by atoms with van der Waals surface area (Å²) in [5, 5.41) is 0. The van der Waals surface area contributed by atoms with Crippen molar-refractivity contribution in [1.29, 1.82) is 0 Å². The Labute approximate surface area is 121 Å². The average molecular weight is 275 g/mol. The van der Waals surface area contributed by atoms with Crippen LogP contribution in [0.1, 0.15) is 25.7 Å². The van der Waals surface area contributed by atoms with Crippen molar-refractivity contribution in [1.82, 2.24) is 4.90 Å². The standard InChI is InChI=1S/C16H25N3O/c1-20-14-6-7-16(15(17)12-14)19-10-8-18(9-11-19)13-4-2-3-5-13/h6-7,12-13H,2-5,8-11,17H2,1H3. The van der Waals surface area contributed by atoms with Gasteiger partial charge in [0.1, 0.15) is 5.75 Å². The van der Waals surface area contributed by atoms with Crippen molar-refractivity contribution in [3.63, 3.8) is 0 Å². The quantitative estimate of drug-likeness (QED) is 0.860. The second kappa shape index (κ2) is 5.92. The highest BCUT2D eigenvalue weighted by molar-refractivity contribution is 5.69. The van der Waals surface area contributed by atoms with E-state index in [9.17, 15) is 0 Å². The Bertz CT molecular complexity index is 449. The molecular formula is C16H25N3O. The summed E-state index contributed by atoms with van der Waals surface area (Å²) in [6.07, 6.45) is 5.61. The molecule has 2 N–H and O–H groups in total. The summed E-state index contributed by atoms with van der Waals surface area (Å²) in [4.78, 5) is 5.07. The largest absolute Gasteiger partial charge is 0.497 e. The molecule has 0 spiro atoms. The third-order valence-corrected chi connectivity index (χ3v) is 4.73. The first-order valence-electron chi connectivity index (χ1n) is 7.70. The molecule has 4 heteroatoms. The summed E-state index contributed by atoms with van der Waals surface area (Å²) in [6.45, 7) is 4.48. The first-order chi connectivity index (χ1) is 9.78. The van der Waals surface area contributed by atoms with Crippen molar-refractivity contribution >= 4 is 11.4 Å². The number of methoxy groups -OCH3 is 1. The predicted molar refractivity (Wildman–Crippen MR) is 83.4 cm³/mol. The van der Waals surface area contributed by atoms with Crippen LogP contribution in [0.5, 0.6) is 5.75 Å². The van der Waals surface area contributed by atoms with Gasteiger partial charge in [-0.3, -0.25) is 4.90 Å². The van der Waals surface area contributed by atoms with E-state index in [0.717, 1.165) is 49.3 Å². The van der Waals surface area contributed by atoms with Gasteiger partial charge in [-0.15, -0.1) is 0 Å². The second-order valence-corrected chi connectivity index (χ2v) is 5.89. The van der Waals surface area contributed by atoms with Crippen LogP contribution in [0, 0.1) is 0 Å². The summed E-state index contributed by atoms with van der Waals surface area (Å²) < 4.78 is 5.22. The summed E-state index contributed by atoms with van der Waals surface area (Å²) in [5.74, 6) is 0.829. The number of ether oxygens (including phenoxy) is 1. The molecule has 1 aromatic carbocycles. The van der Waals surface area contributed by atoms with Gasteiger partial charge >= 0.3 is 0 Å². The molecule has 1 saturated carbocycles. The smallest absolute Gasteiger partial charge is 0.121 e. The number of piperazine rings is 1. The lowest BCUT2D eigenvalue weighted by Gasteiger charge is -2.39. The van der Waals surface area contributed by atoms with E-state index < -0.39 is 0 Å². The molecule has 0 aromatic heterocycles. The Hall–Kier alpha value is -1.42. The average Bonchev–Trinajstić information content (AvgIpc) is 3.01. The van der Waals surface area contributed by atoms with Gasteiger partial charge in [0.2, 0.25) is 0 Å². The topological polar surface area (TPSA) is 41.7 Å².